The number of amides is 9. The van der Waals surface area contributed by atoms with E-state index in [2.05, 4.69) is 85.1 Å². The number of nitrogens with one attached hydrogen (secondary N) is 11. The molecule has 64 heavy (non-hydrogen) atoms. The molecule has 0 fully saturated rings. The Morgan fingerprint density at radius 3 is 1.41 bits per heavy atom. The van der Waals surface area contributed by atoms with Gasteiger partial charge in [0, 0.05) is 60.7 Å². The number of carbonyl (C=O) groups is 10. The van der Waals surface area contributed by atoms with Crippen LogP contribution < -0.4 is 54.0 Å². The van der Waals surface area contributed by atoms with Gasteiger partial charge in [0.2, 0.25) is 53.2 Å². The molecule has 6 unspecified atom stereocenters. The highest BCUT2D eigenvalue weighted by molar-refractivity contribution is 7.80. The molecule has 27 nitrogen and oxygen atoms in total. The van der Waals surface area contributed by atoms with Gasteiger partial charge in [0.25, 0.3) is 0 Å². The van der Waals surface area contributed by atoms with Crippen molar-refractivity contribution in [3.63, 3.8) is 0 Å². The first kappa shape index (κ1) is 51.0. The molecular formula is C36H52N16O11S. The number of carboxylic acid groups (broad SMARTS) is 1. The van der Waals surface area contributed by atoms with E-state index < -0.39 is 127 Å². The summed E-state index contributed by atoms with van der Waals surface area (Å²) in [6.45, 7) is 1.20. The van der Waals surface area contributed by atoms with Crippen LogP contribution in [0.3, 0.4) is 0 Å². The first-order valence-corrected chi connectivity index (χ1v) is 20.1. The summed E-state index contributed by atoms with van der Waals surface area (Å²) in [5.41, 5.74) is 12.2. The van der Waals surface area contributed by atoms with Gasteiger partial charge in [-0.05, 0) is 5.92 Å². The maximum absolute atomic E-state index is 13.5. The largest absolute Gasteiger partial charge is 0.480 e. The van der Waals surface area contributed by atoms with Gasteiger partial charge in [0.1, 0.15) is 30.2 Å². The van der Waals surface area contributed by atoms with Gasteiger partial charge in [-0.15, -0.1) is 0 Å². The third-order valence-corrected chi connectivity index (χ3v) is 9.35. The number of carboxylic acids is 1. The van der Waals surface area contributed by atoms with Crippen molar-refractivity contribution >= 4 is 71.8 Å². The molecule has 0 bridgehead atoms. The fraction of sp³-hybridized carbons (Fsp3) is 0.472. The van der Waals surface area contributed by atoms with Gasteiger partial charge in [-0.25, -0.2) is 19.7 Å². The summed E-state index contributed by atoms with van der Waals surface area (Å²) in [5.74, 6) is -9.77. The smallest absolute Gasteiger partial charge is 0.326 e. The average Bonchev–Trinajstić information content (AvgIpc) is 4.07. The monoisotopic (exact) mass is 916 g/mol. The number of rotatable bonds is 27. The Morgan fingerprint density at radius 2 is 1.00 bits per heavy atom. The SMILES string of the molecule is CC(C)C(NC(=O)CNC(=O)C(Cc1cnc[nH]1)NC(=O)C(CC(N)=O)NC(=O)CNC(=O)C(Cc1cnc[nH]1)NC(=O)CNC(=O)C(N)CS)C(=O)NC(Cc1cnc[nH]1)C(=O)O. The molecule has 0 saturated heterocycles. The molecule has 6 atom stereocenters. The molecule has 0 aromatic carbocycles. The zero-order valence-electron chi connectivity index (χ0n) is 34.6. The van der Waals surface area contributed by atoms with Gasteiger partial charge in [-0.3, -0.25) is 43.2 Å². The minimum absolute atomic E-state index is 0.0165. The second-order valence-electron chi connectivity index (χ2n) is 14.4. The molecule has 0 aliphatic carbocycles. The Balaban J connectivity index is 1.64. The van der Waals surface area contributed by atoms with Crippen molar-refractivity contribution < 1.29 is 53.1 Å². The summed E-state index contributed by atoms with van der Waals surface area (Å²) in [6, 6.07) is -7.99. The highest BCUT2D eigenvalue weighted by Crippen LogP contribution is 2.06. The molecule has 0 aliphatic heterocycles. The molecule has 28 heteroatoms. The molecule has 348 valence electrons. The highest BCUT2D eigenvalue weighted by Gasteiger charge is 2.32. The number of imidazole rings is 3. The Hall–Kier alpha value is -7.36. The number of carbonyl (C=O) groups excluding carboxylic acids is 9. The summed E-state index contributed by atoms with van der Waals surface area (Å²) < 4.78 is 0. The molecule has 0 aliphatic rings. The molecule has 9 amide bonds. The van der Waals surface area contributed by atoms with Crippen molar-refractivity contribution in [3.05, 3.63) is 54.7 Å². The van der Waals surface area contributed by atoms with E-state index in [9.17, 15) is 53.1 Å². The lowest BCUT2D eigenvalue weighted by atomic mass is 10.0. The third kappa shape index (κ3) is 17.6. The standard InChI is InChI=1S/C36H52N16O11S/c1-17(2)30(35(61)51-25(36(62)63)5-20-9-41-16-47-20)52-29(56)12-44-33(59)23(4-19-8-40-15-46-19)50-34(60)24(6-26(38)53)49-28(55)11-43-32(58)22(3-18-7-39-14-45-18)48-27(54)10-42-31(57)21(37)13-64/h7-9,14-17,21-25,30,64H,3-6,10-13,37H2,1-2H3,(H2,38,53)(H,39,45)(H,40,46)(H,41,47)(H,42,57)(H,43,58)(H,44,59)(H,48,54)(H,49,55)(H,50,60)(H,51,61)(H,52,56)(H,62,63). The minimum atomic E-state index is -1.68. The molecule has 3 heterocycles. The first-order valence-electron chi connectivity index (χ1n) is 19.5. The molecule has 3 aromatic rings. The fourth-order valence-corrected chi connectivity index (χ4v) is 5.79. The average molecular weight is 917 g/mol. The Kier molecular flexibility index (Phi) is 20.4. The van der Waals surface area contributed by atoms with Gasteiger partial charge in [-0.2, -0.15) is 12.6 Å². The summed E-state index contributed by atoms with van der Waals surface area (Å²) in [4.78, 5) is 148. The van der Waals surface area contributed by atoms with E-state index in [0.29, 0.717) is 17.1 Å². The summed E-state index contributed by atoms with van der Waals surface area (Å²) >= 11 is 3.93. The number of H-pyrrole nitrogens is 3. The Morgan fingerprint density at radius 1 is 0.594 bits per heavy atom. The summed E-state index contributed by atoms with van der Waals surface area (Å²) in [5, 5.41) is 28.6. The lowest BCUT2D eigenvalue weighted by Crippen LogP contribution is -2.58. The van der Waals surface area contributed by atoms with E-state index in [1.54, 1.807) is 13.8 Å². The first-order chi connectivity index (χ1) is 30.4. The topological polar surface area (TPSA) is 425 Å². The van der Waals surface area contributed by atoms with Crippen LogP contribution in [0.2, 0.25) is 0 Å². The van der Waals surface area contributed by atoms with Crippen molar-refractivity contribution in [2.24, 2.45) is 17.4 Å². The van der Waals surface area contributed by atoms with Gasteiger partial charge in [0.05, 0.1) is 51.1 Å². The number of nitrogens with zero attached hydrogens (tertiary/aromatic N) is 3. The molecule has 0 saturated carbocycles. The molecule has 0 spiro atoms. The van der Waals surface area contributed by atoms with Crippen LogP contribution in [-0.2, 0) is 67.2 Å². The van der Waals surface area contributed by atoms with E-state index in [4.69, 9.17) is 11.5 Å². The van der Waals surface area contributed by atoms with Crippen molar-refractivity contribution in [3.8, 4) is 0 Å². The maximum Gasteiger partial charge on any atom is 0.326 e. The predicted octanol–water partition coefficient (Wildman–Crippen LogP) is -6.47. The number of primary amides is 1. The van der Waals surface area contributed by atoms with Crippen molar-refractivity contribution in [1.29, 1.82) is 0 Å². The van der Waals surface area contributed by atoms with Crippen LogP contribution in [0, 0.1) is 5.92 Å². The maximum atomic E-state index is 13.5. The van der Waals surface area contributed by atoms with E-state index in [-0.39, 0.29) is 25.0 Å². The number of hydrogen-bond acceptors (Lipinski definition) is 15. The van der Waals surface area contributed by atoms with Gasteiger partial charge in [-0.1, -0.05) is 13.8 Å². The van der Waals surface area contributed by atoms with Crippen molar-refractivity contribution in [1.82, 2.24) is 72.4 Å². The number of nitrogens with two attached hydrogens (primary N) is 2. The number of aliphatic carboxylic acids is 1. The summed E-state index contributed by atoms with van der Waals surface area (Å²) in [7, 11) is 0. The lowest BCUT2D eigenvalue weighted by Gasteiger charge is -2.25. The zero-order chi connectivity index (χ0) is 47.3. The Bertz CT molecular complexity index is 2070. The highest BCUT2D eigenvalue weighted by atomic mass is 32.1. The normalized spacial score (nSPS) is 13.7. The van der Waals surface area contributed by atoms with Crippen LogP contribution in [0.4, 0.5) is 0 Å². The van der Waals surface area contributed by atoms with Crippen LogP contribution in [-0.4, -0.2) is 156 Å². The van der Waals surface area contributed by atoms with E-state index in [1.165, 1.54) is 37.6 Å². The number of hydrogen-bond donors (Lipinski definition) is 15. The van der Waals surface area contributed by atoms with Crippen LogP contribution in [0.15, 0.2) is 37.6 Å². The predicted molar refractivity (Wildman–Crippen MR) is 224 cm³/mol. The summed E-state index contributed by atoms with van der Waals surface area (Å²) in [6.07, 6.45) is 6.90. The van der Waals surface area contributed by atoms with Crippen LogP contribution in [0.5, 0.6) is 0 Å². The van der Waals surface area contributed by atoms with Crippen molar-refractivity contribution in [2.75, 3.05) is 25.4 Å². The molecule has 3 rings (SSSR count). The molecule has 0 radical (unpaired) electrons. The van der Waals surface area contributed by atoms with E-state index in [1.807, 2.05) is 0 Å². The van der Waals surface area contributed by atoms with Crippen LogP contribution in [0.25, 0.3) is 0 Å². The van der Waals surface area contributed by atoms with Crippen LogP contribution in [0.1, 0.15) is 37.4 Å². The molecule has 3 aromatic heterocycles. The van der Waals surface area contributed by atoms with E-state index in [0.717, 1.165) is 0 Å². The second-order valence-corrected chi connectivity index (χ2v) is 14.8. The van der Waals surface area contributed by atoms with Gasteiger partial charge in [0.15, 0.2) is 0 Å². The third-order valence-electron chi connectivity index (χ3n) is 8.96. The van der Waals surface area contributed by atoms with Crippen molar-refractivity contribution in [2.45, 2.75) is 75.8 Å². The fourth-order valence-electron chi connectivity index (χ4n) is 5.62. The number of aromatic amines is 3. The van der Waals surface area contributed by atoms with Gasteiger partial charge >= 0.3 is 5.97 Å². The lowest BCUT2D eigenvalue weighted by molar-refractivity contribution is -0.142. The molecular weight excluding hydrogens is 865 g/mol. The minimum Gasteiger partial charge on any atom is -0.480 e. The van der Waals surface area contributed by atoms with E-state index >= 15 is 0 Å². The quantitative estimate of drug-likeness (QED) is 0.0316. The molecule has 16 N–H and O–H groups in total. The second kappa shape index (κ2) is 25.5. The van der Waals surface area contributed by atoms with Crippen LogP contribution >= 0.6 is 12.6 Å². The Labute approximate surface area is 369 Å². The number of thiol groups is 1. The zero-order valence-corrected chi connectivity index (χ0v) is 35.5. The number of aromatic nitrogens is 6. The van der Waals surface area contributed by atoms with Gasteiger partial charge < -0.3 is 74.1 Å².